The zero-order valence-electron chi connectivity index (χ0n) is 13.4. The van der Waals surface area contributed by atoms with Gasteiger partial charge in [0.05, 0.1) is 17.9 Å². The van der Waals surface area contributed by atoms with Crippen molar-refractivity contribution in [1.29, 1.82) is 0 Å². The third-order valence-electron chi connectivity index (χ3n) is 4.82. The van der Waals surface area contributed by atoms with Crippen LogP contribution in [-0.4, -0.2) is 35.6 Å². The fraction of sp³-hybridized carbons (Fsp3) is 0.588. The summed E-state index contributed by atoms with van der Waals surface area (Å²) in [5.41, 5.74) is 1.44. The number of esters is 1. The molecule has 5 nitrogen and oxygen atoms in total. The molecule has 0 amide bonds. The van der Waals surface area contributed by atoms with E-state index in [-0.39, 0.29) is 11.9 Å². The number of fused-ring (bicyclic) bond motifs is 3. The Kier molecular flexibility index (Phi) is 3.93. The van der Waals surface area contributed by atoms with Gasteiger partial charge in [-0.15, -0.1) is 11.3 Å². The molecule has 2 aromatic heterocycles. The van der Waals surface area contributed by atoms with Crippen LogP contribution in [0.25, 0.3) is 10.2 Å². The molecule has 0 spiro atoms. The van der Waals surface area contributed by atoms with Gasteiger partial charge in [-0.2, -0.15) is 0 Å². The molecule has 1 saturated heterocycles. The topological polar surface area (TPSA) is 55.3 Å². The molecule has 6 heteroatoms. The number of anilines is 1. The minimum Gasteiger partial charge on any atom is -0.466 e. The molecule has 0 bridgehead atoms. The summed E-state index contributed by atoms with van der Waals surface area (Å²) in [4.78, 5) is 26.0. The molecule has 0 unspecified atom stereocenters. The van der Waals surface area contributed by atoms with Crippen molar-refractivity contribution >= 4 is 33.3 Å². The predicted molar refractivity (Wildman–Crippen MR) is 91.0 cm³/mol. The first-order valence-electron chi connectivity index (χ1n) is 8.44. The standard InChI is InChI=1S/C17H21N3O2S/c1-2-22-17(21)11-5-4-8-20(9-11)15-14-12-6-3-7-13(12)23-16(14)19-10-18-15/h10-11H,2-9H2,1H3/t11-/m0/s1. The number of aromatic nitrogens is 2. The molecule has 1 aliphatic heterocycles. The second kappa shape index (κ2) is 6.07. The zero-order valence-corrected chi connectivity index (χ0v) is 14.2. The summed E-state index contributed by atoms with van der Waals surface area (Å²) >= 11 is 1.81. The highest BCUT2D eigenvalue weighted by Gasteiger charge is 2.30. The van der Waals surface area contributed by atoms with Crippen LogP contribution in [0.1, 0.15) is 36.6 Å². The highest BCUT2D eigenvalue weighted by molar-refractivity contribution is 7.19. The fourth-order valence-corrected chi connectivity index (χ4v) is 5.00. The highest BCUT2D eigenvalue weighted by Crippen LogP contribution is 2.40. The number of piperidine rings is 1. The van der Waals surface area contributed by atoms with Crippen LogP contribution in [0.3, 0.4) is 0 Å². The Labute approximate surface area is 139 Å². The average Bonchev–Trinajstić information content (AvgIpc) is 3.15. The Morgan fingerprint density at radius 1 is 1.39 bits per heavy atom. The van der Waals surface area contributed by atoms with E-state index in [4.69, 9.17) is 4.74 Å². The lowest BCUT2D eigenvalue weighted by molar-refractivity contribution is -0.148. The summed E-state index contributed by atoms with van der Waals surface area (Å²) in [7, 11) is 0. The third kappa shape index (κ3) is 2.59. The summed E-state index contributed by atoms with van der Waals surface area (Å²) in [6.07, 6.45) is 7.10. The van der Waals surface area contributed by atoms with E-state index in [0.717, 1.165) is 36.5 Å². The molecule has 4 rings (SSSR count). The largest absolute Gasteiger partial charge is 0.466 e. The van der Waals surface area contributed by atoms with E-state index in [1.807, 2.05) is 18.3 Å². The maximum Gasteiger partial charge on any atom is 0.310 e. The van der Waals surface area contributed by atoms with Crippen molar-refractivity contribution in [3.8, 4) is 0 Å². The number of aryl methyl sites for hydroxylation is 2. The van der Waals surface area contributed by atoms with Gasteiger partial charge in [0.15, 0.2) is 0 Å². The molecule has 0 radical (unpaired) electrons. The van der Waals surface area contributed by atoms with E-state index in [9.17, 15) is 4.79 Å². The van der Waals surface area contributed by atoms with E-state index in [2.05, 4.69) is 14.9 Å². The van der Waals surface area contributed by atoms with E-state index in [1.165, 1.54) is 28.7 Å². The van der Waals surface area contributed by atoms with Gasteiger partial charge in [-0.1, -0.05) is 0 Å². The molecule has 0 saturated carbocycles. The summed E-state index contributed by atoms with van der Waals surface area (Å²) in [6.45, 7) is 3.97. The lowest BCUT2D eigenvalue weighted by Gasteiger charge is -2.32. The molecule has 1 atom stereocenters. The number of hydrogen-bond donors (Lipinski definition) is 0. The Bertz CT molecular complexity index is 743. The van der Waals surface area contributed by atoms with Gasteiger partial charge in [0.2, 0.25) is 0 Å². The number of thiophene rings is 1. The Morgan fingerprint density at radius 3 is 3.17 bits per heavy atom. The van der Waals surface area contributed by atoms with Crippen molar-refractivity contribution in [1.82, 2.24) is 9.97 Å². The van der Waals surface area contributed by atoms with Crippen LogP contribution in [0, 0.1) is 5.92 Å². The molecule has 0 aromatic carbocycles. The van der Waals surface area contributed by atoms with Crippen molar-refractivity contribution < 1.29 is 9.53 Å². The molecule has 0 N–H and O–H groups in total. The van der Waals surface area contributed by atoms with E-state index >= 15 is 0 Å². The van der Waals surface area contributed by atoms with Crippen LogP contribution >= 0.6 is 11.3 Å². The van der Waals surface area contributed by atoms with E-state index < -0.39 is 0 Å². The van der Waals surface area contributed by atoms with Gasteiger partial charge >= 0.3 is 5.97 Å². The van der Waals surface area contributed by atoms with Crippen LogP contribution in [-0.2, 0) is 22.4 Å². The molecular weight excluding hydrogens is 310 g/mol. The van der Waals surface area contributed by atoms with Gasteiger partial charge in [-0.05, 0) is 44.6 Å². The minimum absolute atomic E-state index is 0.0413. The third-order valence-corrected chi connectivity index (χ3v) is 6.02. The number of ether oxygens (including phenoxy) is 1. The molecule has 2 aromatic rings. The van der Waals surface area contributed by atoms with Crippen molar-refractivity contribution in [2.75, 3.05) is 24.6 Å². The van der Waals surface area contributed by atoms with Crippen molar-refractivity contribution in [2.24, 2.45) is 5.92 Å². The zero-order chi connectivity index (χ0) is 15.8. The van der Waals surface area contributed by atoms with E-state index in [0.29, 0.717) is 13.2 Å². The normalized spacial score (nSPS) is 20.7. The second-order valence-electron chi connectivity index (χ2n) is 6.27. The van der Waals surface area contributed by atoms with Crippen LogP contribution < -0.4 is 4.90 Å². The smallest absolute Gasteiger partial charge is 0.310 e. The number of hydrogen-bond acceptors (Lipinski definition) is 6. The molecular formula is C17H21N3O2S. The Hall–Kier alpha value is -1.69. The van der Waals surface area contributed by atoms with Crippen molar-refractivity contribution in [2.45, 2.75) is 39.0 Å². The first kappa shape index (κ1) is 14.9. The lowest BCUT2D eigenvalue weighted by atomic mass is 9.98. The van der Waals surface area contributed by atoms with E-state index in [1.54, 1.807) is 6.33 Å². The maximum absolute atomic E-state index is 12.1. The van der Waals surface area contributed by atoms with Gasteiger partial charge in [-0.3, -0.25) is 4.79 Å². The number of rotatable bonds is 3. The molecule has 1 aliphatic carbocycles. The molecule has 1 fully saturated rings. The first-order chi connectivity index (χ1) is 11.3. The Balaban J connectivity index is 1.67. The summed E-state index contributed by atoms with van der Waals surface area (Å²) in [5, 5.41) is 1.23. The van der Waals surface area contributed by atoms with Crippen LogP contribution in [0.2, 0.25) is 0 Å². The molecule has 2 aliphatic rings. The SMILES string of the molecule is CCOC(=O)[C@H]1CCCN(c2ncnc3sc4c(c23)CCC4)C1. The van der Waals surface area contributed by atoms with Gasteiger partial charge in [-0.25, -0.2) is 9.97 Å². The summed E-state index contributed by atoms with van der Waals surface area (Å²) in [6, 6.07) is 0. The maximum atomic E-state index is 12.1. The van der Waals surface area contributed by atoms with Crippen LogP contribution in [0.5, 0.6) is 0 Å². The first-order valence-corrected chi connectivity index (χ1v) is 9.26. The second-order valence-corrected chi connectivity index (χ2v) is 7.36. The Morgan fingerprint density at radius 2 is 2.30 bits per heavy atom. The van der Waals surface area contributed by atoms with Crippen LogP contribution in [0.4, 0.5) is 5.82 Å². The number of nitrogens with zero attached hydrogens (tertiary/aromatic N) is 3. The number of carbonyl (C=O) groups is 1. The van der Waals surface area contributed by atoms with Crippen molar-refractivity contribution in [3.63, 3.8) is 0 Å². The van der Waals surface area contributed by atoms with Crippen molar-refractivity contribution in [3.05, 3.63) is 16.8 Å². The lowest BCUT2D eigenvalue weighted by Crippen LogP contribution is -2.40. The minimum atomic E-state index is -0.0713. The molecule has 23 heavy (non-hydrogen) atoms. The van der Waals surface area contributed by atoms with Gasteiger partial charge in [0, 0.05) is 18.0 Å². The monoisotopic (exact) mass is 331 g/mol. The fourth-order valence-electron chi connectivity index (χ4n) is 3.77. The van der Waals surface area contributed by atoms with Crippen LogP contribution in [0.15, 0.2) is 6.33 Å². The molecule has 122 valence electrons. The average molecular weight is 331 g/mol. The molecule has 3 heterocycles. The quantitative estimate of drug-likeness (QED) is 0.809. The highest BCUT2D eigenvalue weighted by atomic mass is 32.1. The predicted octanol–water partition coefficient (Wildman–Crippen LogP) is 2.96. The van der Waals surface area contributed by atoms with Gasteiger partial charge < -0.3 is 9.64 Å². The van der Waals surface area contributed by atoms with Gasteiger partial charge in [0.1, 0.15) is 17.0 Å². The number of carbonyl (C=O) groups excluding carboxylic acids is 1. The summed E-state index contributed by atoms with van der Waals surface area (Å²) < 4.78 is 5.22. The van der Waals surface area contributed by atoms with Gasteiger partial charge in [0.25, 0.3) is 0 Å². The summed E-state index contributed by atoms with van der Waals surface area (Å²) in [5.74, 6) is 0.904.